The summed E-state index contributed by atoms with van der Waals surface area (Å²) in [6.45, 7) is 4.44. The summed E-state index contributed by atoms with van der Waals surface area (Å²) in [7, 11) is 0. The molecule has 182 valence electrons. The first kappa shape index (κ1) is 23.5. The van der Waals surface area contributed by atoms with E-state index in [1.54, 1.807) is 4.90 Å². The van der Waals surface area contributed by atoms with Crippen molar-refractivity contribution >= 4 is 22.8 Å². The molecule has 1 aromatic heterocycles. The Morgan fingerprint density at radius 1 is 1.06 bits per heavy atom. The van der Waals surface area contributed by atoms with Gasteiger partial charge in [0.15, 0.2) is 0 Å². The maximum absolute atomic E-state index is 13.2. The van der Waals surface area contributed by atoms with Gasteiger partial charge in [-0.05, 0) is 54.8 Å². The lowest BCUT2D eigenvalue weighted by atomic mass is 10.0. The number of carbonyl (C=O) groups is 2. The molecule has 2 heterocycles. The molecule has 36 heavy (non-hydrogen) atoms. The number of carboxylic acids is 1. The Hall–Kier alpha value is -4.19. The second-order valence-electron chi connectivity index (χ2n) is 9.28. The number of nitrogens with zero attached hydrogens (tertiary/aromatic N) is 2. The SMILES string of the molecule is Cc1cc(C(C)Oc2ccc(CC(=O)N3Cc4ccccc4C3CC(=O)O)cc2)c2ccccc2n1. The smallest absolute Gasteiger partial charge is 0.305 e. The van der Waals surface area contributed by atoms with Crippen LogP contribution in [0, 0.1) is 6.92 Å². The number of para-hydroxylation sites is 1. The fourth-order valence-electron chi connectivity index (χ4n) is 5.02. The molecule has 0 radical (unpaired) electrons. The molecule has 5 rings (SSSR count). The monoisotopic (exact) mass is 480 g/mol. The van der Waals surface area contributed by atoms with Gasteiger partial charge >= 0.3 is 5.97 Å². The predicted octanol–water partition coefficient (Wildman–Crippen LogP) is 5.78. The van der Waals surface area contributed by atoms with Crippen molar-refractivity contribution in [3.8, 4) is 5.75 Å². The summed E-state index contributed by atoms with van der Waals surface area (Å²) in [6, 6.07) is 24.9. The van der Waals surface area contributed by atoms with Crippen molar-refractivity contribution in [1.82, 2.24) is 9.88 Å². The van der Waals surface area contributed by atoms with Gasteiger partial charge in [-0.2, -0.15) is 0 Å². The van der Waals surface area contributed by atoms with E-state index >= 15 is 0 Å². The van der Waals surface area contributed by atoms with E-state index in [2.05, 4.69) is 17.1 Å². The third kappa shape index (κ3) is 4.80. The van der Waals surface area contributed by atoms with Crippen LogP contribution in [0.1, 0.15) is 53.4 Å². The average molecular weight is 481 g/mol. The molecular weight excluding hydrogens is 452 g/mol. The Morgan fingerprint density at radius 2 is 1.78 bits per heavy atom. The molecule has 1 N–H and O–H groups in total. The van der Waals surface area contributed by atoms with Crippen molar-refractivity contribution in [2.24, 2.45) is 0 Å². The molecule has 3 aromatic carbocycles. The number of amides is 1. The third-order valence-corrected chi connectivity index (χ3v) is 6.73. The molecule has 0 saturated heterocycles. The maximum Gasteiger partial charge on any atom is 0.305 e. The summed E-state index contributed by atoms with van der Waals surface area (Å²) >= 11 is 0. The quantitative estimate of drug-likeness (QED) is 0.363. The van der Waals surface area contributed by atoms with Gasteiger partial charge in [0.05, 0.1) is 24.4 Å². The number of carbonyl (C=O) groups excluding carboxylic acids is 1. The average Bonchev–Trinajstić information content (AvgIpc) is 3.22. The Bertz CT molecular complexity index is 1430. The zero-order chi connectivity index (χ0) is 25.2. The van der Waals surface area contributed by atoms with E-state index in [0.717, 1.165) is 44.6 Å². The summed E-state index contributed by atoms with van der Waals surface area (Å²) in [4.78, 5) is 30.9. The van der Waals surface area contributed by atoms with Gasteiger partial charge in [-0.1, -0.05) is 54.6 Å². The van der Waals surface area contributed by atoms with E-state index in [4.69, 9.17) is 4.74 Å². The minimum Gasteiger partial charge on any atom is -0.486 e. The van der Waals surface area contributed by atoms with Gasteiger partial charge in [0.2, 0.25) is 5.91 Å². The van der Waals surface area contributed by atoms with E-state index in [1.807, 2.05) is 80.6 Å². The van der Waals surface area contributed by atoms with E-state index in [0.29, 0.717) is 6.54 Å². The molecule has 2 unspecified atom stereocenters. The minimum atomic E-state index is -0.915. The molecule has 6 heteroatoms. The maximum atomic E-state index is 13.2. The van der Waals surface area contributed by atoms with Crippen LogP contribution in [0.2, 0.25) is 0 Å². The topological polar surface area (TPSA) is 79.7 Å². The number of hydrogen-bond acceptors (Lipinski definition) is 4. The van der Waals surface area contributed by atoms with Crippen molar-refractivity contribution < 1.29 is 19.4 Å². The number of ether oxygens (including phenoxy) is 1. The molecule has 1 aliphatic heterocycles. The number of pyridine rings is 1. The number of aromatic nitrogens is 1. The normalized spacial score (nSPS) is 15.5. The Balaban J connectivity index is 1.28. The van der Waals surface area contributed by atoms with Crippen LogP contribution < -0.4 is 4.74 Å². The molecule has 2 atom stereocenters. The van der Waals surface area contributed by atoms with Crippen LogP contribution in [-0.4, -0.2) is 26.9 Å². The van der Waals surface area contributed by atoms with Gasteiger partial charge in [-0.15, -0.1) is 0 Å². The van der Waals surface area contributed by atoms with Gasteiger partial charge in [0.25, 0.3) is 0 Å². The van der Waals surface area contributed by atoms with Gasteiger partial charge in [0.1, 0.15) is 11.9 Å². The summed E-state index contributed by atoms with van der Waals surface area (Å²) in [6.07, 6.45) is -0.0750. The molecule has 0 spiro atoms. The van der Waals surface area contributed by atoms with Crippen LogP contribution in [0.4, 0.5) is 0 Å². The standard InChI is InChI=1S/C30H28N2O4/c1-19-15-26(25-9-5-6-10-27(25)31-19)20(2)36-23-13-11-21(12-14-23)16-29(33)32-18-22-7-3-4-8-24(22)28(32)17-30(34)35/h3-15,20,28H,16-18H2,1-2H3,(H,34,35). The zero-order valence-corrected chi connectivity index (χ0v) is 20.3. The molecule has 0 fully saturated rings. The van der Waals surface area contributed by atoms with Gasteiger partial charge in [-0.25, -0.2) is 0 Å². The van der Waals surface area contributed by atoms with Crippen LogP contribution in [0.25, 0.3) is 10.9 Å². The van der Waals surface area contributed by atoms with Crippen LogP contribution in [0.15, 0.2) is 78.9 Å². The van der Waals surface area contributed by atoms with Crippen molar-refractivity contribution in [3.05, 3.63) is 107 Å². The lowest BCUT2D eigenvalue weighted by Gasteiger charge is -2.24. The van der Waals surface area contributed by atoms with E-state index in [9.17, 15) is 14.7 Å². The molecule has 6 nitrogen and oxygen atoms in total. The van der Waals surface area contributed by atoms with Crippen molar-refractivity contribution in [2.45, 2.75) is 45.4 Å². The molecule has 1 amide bonds. The third-order valence-electron chi connectivity index (χ3n) is 6.73. The number of benzene rings is 3. The van der Waals surface area contributed by atoms with Crippen LogP contribution in [-0.2, 0) is 22.6 Å². The van der Waals surface area contributed by atoms with Crippen molar-refractivity contribution in [2.75, 3.05) is 0 Å². The number of hydrogen-bond donors (Lipinski definition) is 1. The fourth-order valence-corrected chi connectivity index (χ4v) is 5.02. The van der Waals surface area contributed by atoms with Crippen LogP contribution in [0.3, 0.4) is 0 Å². The highest BCUT2D eigenvalue weighted by Gasteiger charge is 2.34. The molecule has 0 saturated carbocycles. The lowest BCUT2D eigenvalue weighted by Crippen LogP contribution is -2.32. The summed E-state index contributed by atoms with van der Waals surface area (Å²) in [5.74, 6) is -0.282. The molecule has 1 aliphatic rings. The Labute approximate surface area is 210 Å². The van der Waals surface area contributed by atoms with Crippen LogP contribution >= 0.6 is 0 Å². The second-order valence-corrected chi connectivity index (χ2v) is 9.28. The fraction of sp³-hybridized carbons (Fsp3) is 0.233. The molecule has 0 bridgehead atoms. The number of carboxylic acid groups (broad SMARTS) is 1. The number of aliphatic carboxylic acids is 1. The first-order valence-corrected chi connectivity index (χ1v) is 12.1. The molecule has 4 aromatic rings. The number of rotatable bonds is 7. The molecular formula is C30H28N2O4. The highest BCUT2D eigenvalue weighted by Crippen LogP contribution is 2.36. The largest absolute Gasteiger partial charge is 0.486 e. The van der Waals surface area contributed by atoms with E-state index in [1.165, 1.54) is 0 Å². The zero-order valence-electron chi connectivity index (χ0n) is 20.3. The van der Waals surface area contributed by atoms with Gasteiger partial charge < -0.3 is 14.7 Å². The van der Waals surface area contributed by atoms with Crippen molar-refractivity contribution in [3.63, 3.8) is 0 Å². The minimum absolute atomic E-state index is 0.0850. The highest BCUT2D eigenvalue weighted by molar-refractivity contribution is 5.83. The highest BCUT2D eigenvalue weighted by atomic mass is 16.5. The first-order valence-electron chi connectivity index (χ1n) is 12.1. The van der Waals surface area contributed by atoms with Gasteiger partial charge in [0, 0.05) is 23.2 Å². The first-order chi connectivity index (χ1) is 17.4. The number of aryl methyl sites for hydroxylation is 1. The summed E-state index contributed by atoms with van der Waals surface area (Å²) < 4.78 is 6.24. The van der Waals surface area contributed by atoms with Gasteiger partial charge in [-0.3, -0.25) is 14.6 Å². The van der Waals surface area contributed by atoms with Crippen molar-refractivity contribution in [1.29, 1.82) is 0 Å². The second kappa shape index (κ2) is 9.82. The van der Waals surface area contributed by atoms with E-state index < -0.39 is 12.0 Å². The predicted molar refractivity (Wildman–Crippen MR) is 138 cm³/mol. The number of fused-ring (bicyclic) bond motifs is 2. The summed E-state index contributed by atoms with van der Waals surface area (Å²) in [5, 5.41) is 10.5. The summed E-state index contributed by atoms with van der Waals surface area (Å²) in [5.41, 5.74) is 5.75. The van der Waals surface area contributed by atoms with Crippen LogP contribution in [0.5, 0.6) is 5.75 Å². The molecule has 0 aliphatic carbocycles. The lowest BCUT2D eigenvalue weighted by molar-refractivity contribution is -0.140. The Kier molecular flexibility index (Phi) is 6.42. The Morgan fingerprint density at radius 3 is 2.56 bits per heavy atom. The van der Waals surface area contributed by atoms with E-state index in [-0.39, 0.29) is 24.9 Å².